The molecule has 0 aliphatic carbocycles. The molecule has 2 rings (SSSR count). The molecule has 0 saturated carbocycles. The van der Waals surface area contributed by atoms with Gasteiger partial charge in [0.05, 0.1) is 13.2 Å². The monoisotopic (exact) mass is 263 g/mol. The van der Waals surface area contributed by atoms with Crippen LogP contribution >= 0.6 is 0 Å². The normalized spacial score (nSPS) is 17.2. The average molecular weight is 263 g/mol. The van der Waals surface area contributed by atoms with Crippen molar-refractivity contribution in [2.45, 2.75) is 26.2 Å². The van der Waals surface area contributed by atoms with Crippen LogP contribution in [0.2, 0.25) is 0 Å². The van der Waals surface area contributed by atoms with Crippen LogP contribution in [-0.2, 0) is 11.2 Å². The number of amides is 1. The van der Waals surface area contributed by atoms with Crippen LogP contribution in [0.5, 0.6) is 5.75 Å². The van der Waals surface area contributed by atoms with Gasteiger partial charge in [-0.2, -0.15) is 0 Å². The topological polar surface area (TPSA) is 47.6 Å². The number of benzene rings is 1. The smallest absolute Gasteiger partial charge is 0.407 e. The molecule has 1 aromatic carbocycles. The van der Waals surface area contributed by atoms with E-state index >= 15 is 0 Å². The lowest BCUT2D eigenvalue weighted by Crippen LogP contribution is -2.35. The molecule has 0 bridgehead atoms. The molecule has 0 radical (unpaired) electrons. The van der Waals surface area contributed by atoms with E-state index in [0.29, 0.717) is 25.7 Å². The summed E-state index contributed by atoms with van der Waals surface area (Å²) in [6.07, 6.45) is 2.55. The summed E-state index contributed by atoms with van der Waals surface area (Å²) in [5.41, 5.74) is 1.21. The highest BCUT2D eigenvalue weighted by Crippen LogP contribution is 2.26. The van der Waals surface area contributed by atoms with Crippen LogP contribution in [0.15, 0.2) is 24.3 Å². The lowest BCUT2D eigenvalue weighted by molar-refractivity contribution is 0.139. The summed E-state index contributed by atoms with van der Waals surface area (Å²) in [4.78, 5) is 11.4. The van der Waals surface area contributed by atoms with Gasteiger partial charge in [-0.1, -0.05) is 31.5 Å². The third-order valence-corrected chi connectivity index (χ3v) is 3.22. The van der Waals surface area contributed by atoms with Gasteiger partial charge >= 0.3 is 6.09 Å². The predicted octanol–water partition coefficient (Wildman–Crippen LogP) is 2.76. The van der Waals surface area contributed by atoms with Crippen LogP contribution in [0.25, 0.3) is 0 Å². The van der Waals surface area contributed by atoms with Gasteiger partial charge in [0.15, 0.2) is 0 Å². The van der Waals surface area contributed by atoms with Crippen LogP contribution in [0.1, 0.15) is 25.3 Å². The number of rotatable bonds is 5. The number of unbranched alkanes of at least 4 members (excludes halogenated alkanes) is 1. The SMILES string of the molecule is CCCCOC(=O)NC[C@@H]1COc2ccccc2C1. The molecule has 1 heterocycles. The van der Waals surface area contributed by atoms with Crippen molar-refractivity contribution >= 4 is 6.09 Å². The summed E-state index contributed by atoms with van der Waals surface area (Å²) in [6, 6.07) is 8.04. The van der Waals surface area contributed by atoms with E-state index in [9.17, 15) is 4.79 Å². The van der Waals surface area contributed by atoms with E-state index in [1.54, 1.807) is 0 Å². The van der Waals surface area contributed by atoms with Gasteiger partial charge in [0.2, 0.25) is 0 Å². The largest absolute Gasteiger partial charge is 0.493 e. The van der Waals surface area contributed by atoms with Crippen molar-refractivity contribution in [1.29, 1.82) is 0 Å². The van der Waals surface area contributed by atoms with Crippen LogP contribution in [0, 0.1) is 5.92 Å². The van der Waals surface area contributed by atoms with Gasteiger partial charge in [-0.3, -0.25) is 0 Å². The molecule has 0 saturated heterocycles. The molecular formula is C15H21NO3. The van der Waals surface area contributed by atoms with Gasteiger partial charge in [-0.05, 0) is 24.5 Å². The molecule has 0 fully saturated rings. The van der Waals surface area contributed by atoms with Gasteiger partial charge in [-0.25, -0.2) is 4.79 Å². The standard InChI is InChI=1S/C15H21NO3/c1-2-3-8-18-15(17)16-10-12-9-13-6-4-5-7-14(13)19-11-12/h4-7,12H,2-3,8-11H2,1H3,(H,16,17)/t12-/m1/s1. The van der Waals surface area contributed by atoms with Crippen molar-refractivity contribution in [3.05, 3.63) is 29.8 Å². The predicted molar refractivity (Wildman–Crippen MR) is 73.4 cm³/mol. The summed E-state index contributed by atoms with van der Waals surface area (Å²) >= 11 is 0. The van der Waals surface area contributed by atoms with Crippen molar-refractivity contribution in [2.75, 3.05) is 19.8 Å². The third-order valence-electron chi connectivity index (χ3n) is 3.22. The Morgan fingerprint density at radius 1 is 1.47 bits per heavy atom. The first kappa shape index (κ1) is 13.7. The fourth-order valence-electron chi connectivity index (χ4n) is 2.11. The zero-order valence-electron chi connectivity index (χ0n) is 11.4. The first-order chi connectivity index (χ1) is 9.29. The fraction of sp³-hybridized carbons (Fsp3) is 0.533. The Morgan fingerprint density at radius 2 is 2.32 bits per heavy atom. The zero-order chi connectivity index (χ0) is 13.5. The minimum atomic E-state index is -0.327. The second-order valence-corrected chi connectivity index (χ2v) is 4.86. The van der Waals surface area contributed by atoms with Crippen LogP contribution in [0.3, 0.4) is 0 Å². The first-order valence-electron chi connectivity index (χ1n) is 6.91. The Bertz CT molecular complexity index is 420. The van der Waals surface area contributed by atoms with Gasteiger partial charge < -0.3 is 14.8 Å². The summed E-state index contributed by atoms with van der Waals surface area (Å²) in [7, 11) is 0. The maximum atomic E-state index is 11.4. The molecule has 4 nitrogen and oxygen atoms in total. The second kappa shape index (κ2) is 7.02. The maximum absolute atomic E-state index is 11.4. The molecule has 104 valence electrons. The van der Waals surface area contributed by atoms with E-state index in [0.717, 1.165) is 25.0 Å². The molecule has 0 unspecified atom stereocenters. The molecule has 4 heteroatoms. The van der Waals surface area contributed by atoms with Crippen LogP contribution in [0.4, 0.5) is 4.79 Å². The van der Waals surface area contributed by atoms with Gasteiger partial charge in [-0.15, -0.1) is 0 Å². The van der Waals surface area contributed by atoms with Crippen molar-refractivity contribution < 1.29 is 14.3 Å². The summed E-state index contributed by atoms with van der Waals surface area (Å²) in [5.74, 6) is 1.28. The van der Waals surface area contributed by atoms with Crippen molar-refractivity contribution in [1.82, 2.24) is 5.32 Å². The maximum Gasteiger partial charge on any atom is 0.407 e. The fourth-order valence-corrected chi connectivity index (χ4v) is 2.11. The molecule has 19 heavy (non-hydrogen) atoms. The molecule has 1 amide bonds. The molecule has 0 aromatic heterocycles. The number of para-hydroxylation sites is 1. The molecule has 1 aliphatic rings. The van der Waals surface area contributed by atoms with Gasteiger partial charge in [0.25, 0.3) is 0 Å². The Hall–Kier alpha value is -1.71. The summed E-state index contributed by atoms with van der Waals surface area (Å²) < 4.78 is 10.7. The van der Waals surface area contributed by atoms with Crippen molar-refractivity contribution in [3.8, 4) is 5.75 Å². The number of ether oxygens (including phenoxy) is 2. The quantitative estimate of drug-likeness (QED) is 0.831. The number of carbonyl (C=O) groups is 1. The van der Waals surface area contributed by atoms with Crippen molar-refractivity contribution in [2.24, 2.45) is 5.92 Å². The molecule has 1 N–H and O–H groups in total. The Balaban J connectivity index is 1.72. The number of nitrogens with one attached hydrogen (secondary N) is 1. The number of hydrogen-bond donors (Lipinski definition) is 1. The number of alkyl carbamates (subject to hydrolysis) is 1. The minimum Gasteiger partial charge on any atom is -0.493 e. The molecular weight excluding hydrogens is 242 g/mol. The van der Waals surface area contributed by atoms with E-state index in [1.165, 1.54) is 5.56 Å². The number of hydrogen-bond acceptors (Lipinski definition) is 3. The summed E-state index contributed by atoms with van der Waals surface area (Å²) in [6.45, 7) is 3.80. The number of fused-ring (bicyclic) bond motifs is 1. The Kier molecular flexibility index (Phi) is 5.07. The number of carbonyl (C=O) groups excluding carboxylic acids is 1. The molecule has 1 aromatic rings. The van der Waals surface area contributed by atoms with E-state index in [4.69, 9.17) is 9.47 Å². The van der Waals surface area contributed by atoms with Crippen molar-refractivity contribution in [3.63, 3.8) is 0 Å². The summed E-state index contributed by atoms with van der Waals surface area (Å²) in [5, 5.41) is 2.80. The highest BCUT2D eigenvalue weighted by molar-refractivity contribution is 5.67. The first-order valence-corrected chi connectivity index (χ1v) is 6.91. The molecule has 0 spiro atoms. The second-order valence-electron chi connectivity index (χ2n) is 4.86. The highest BCUT2D eigenvalue weighted by atomic mass is 16.5. The third kappa shape index (κ3) is 4.16. The van der Waals surface area contributed by atoms with Gasteiger partial charge in [0.1, 0.15) is 5.75 Å². The van der Waals surface area contributed by atoms with E-state index in [2.05, 4.69) is 18.3 Å². The van der Waals surface area contributed by atoms with Crippen LogP contribution in [-0.4, -0.2) is 25.9 Å². The minimum absolute atomic E-state index is 0.314. The lowest BCUT2D eigenvalue weighted by atomic mass is 9.97. The van der Waals surface area contributed by atoms with E-state index < -0.39 is 0 Å². The van der Waals surface area contributed by atoms with Gasteiger partial charge in [0, 0.05) is 12.5 Å². The lowest BCUT2D eigenvalue weighted by Gasteiger charge is -2.25. The van der Waals surface area contributed by atoms with E-state index in [1.807, 2.05) is 18.2 Å². The Labute approximate surface area is 114 Å². The molecule has 1 atom stereocenters. The van der Waals surface area contributed by atoms with Crippen LogP contribution < -0.4 is 10.1 Å². The zero-order valence-corrected chi connectivity index (χ0v) is 11.4. The van der Waals surface area contributed by atoms with E-state index in [-0.39, 0.29) is 6.09 Å². The molecule has 1 aliphatic heterocycles. The Morgan fingerprint density at radius 3 is 3.16 bits per heavy atom. The highest BCUT2D eigenvalue weighted by Gasteiger charge is 2.20. The average Bonchev–Trinajstić information content (AvgIpc) is 2.45.